The topological polar surface area (TPSA) is 81.8 Å². The number of aromatic nitrogens is 4. The summed E-state index contributed by atoms with van der Waals surface area (Å²) in [7, 11) is -1.94. The van der Waals surface area contributed by atoms with Crippen molar-refractivity contribution in [2.45, 2.75) is 32.2 Å². The average molecular weight is 283 g/mol. The Labute approximate surface area is 112 Å². The number of hydrogen-bond acceptors (Lipinski definition) is 4. The molecule has 2 aromatic heterocycles. The molecule has 0 aliphatic carbocycles. The molecule has 0 amide bonds. The molecule has 2 heterocycles. The Morgan fingerprint density at radius 1 is 1.21 bits per heavy atom. The number of anilines is 1. The van der Waals surface area contributed by atoms with Gasteiger partial charge in [0, 0.05) is 26.0 Å². The summed E-state index contributed by atoms with van der Waals surface area (Å²) in [5.74, 6) is 0. The molecule has 19 heavy (non-hydrogen) atoms. The van der Waals surface area contributed by atoms with Crippen LogP contribution in [0.5, 0.6) is 0 Å². The van der Waals surface area contributed by atoms with Crippen molar-refractivity contribution in [1.29, 1.82) is 0 Å². The van der Waals surface area contributed by atoms with Gasteiger partial charge in [-0.05, 0) is 20.8 Å². The molecule has 0 aliphatic heterocycles. The van der Waals surface area contributed by atoms with Crippen LogP contribution in [0.2, 0.25) is 0 Å². The SMILES string of the molecule is CCn1cc(NS(=O)(=O)c2cn(C)nc2C)c(C)n1. The van der Waals surface area contributed by atoms with Crippen LogP contribution in [0.3, 0.4) is 0 Å². The summed E-state index contributed by atoms with van der Waals surface area (Å²) in [6, 6.07) is 0. The molecule has 1 N–H and O–H groups in total. The molecule has 2 rings (SSSR count). The van der Waals surface area contributed by atoms with E-state index in [0.29, 0.717) is 23.6 Å². The number of sulfonamides is 1. The van der Waals surface area contributed by atoms with Crippen LogP contribution in [-0.4, -0.2) is 28.0 Å². The van der Waals surface area contributed by atoms with Gasteiger partial charge in [0.2, 0.25) is 0 Å². The first-order valence-electron chi connectivity index (χ1n) is 5.90. The van der Waals surface area contributed by atoms with Crippen LogP contribution in [0.15, 0.2) is 17.3 Å². The smallest absolute Gasteiger partial charge is 0.265 e. The lowest BCUT2D eigenvalue weighted by atomic mass is 10.4. The predicted molar refractivity (Wildman–Crippen MR) is 71.4 cm³/mol. The van der Waals surface area contributed by atoms with Crippen LogP contribution in [0.1, 0.15) is 18.3 Å². The van der Waals surface area contributed by atoms with E-state index < -0.39 is 10.0 Å². The van der Waals surface area contributed by atoms with Gasteiger partial charge in [0.05, 0.1) is 17.1 Å². The molecule has 8 heteroatoms. The minimum atomic E-state index is -3.63. The number of nitrogens with zero attached hydrogens (tertiary/aromatic N) is 4. The molecule has 0 aliphatic rings. The van der Waals surface area contributed by atoms with Crippen molar-refractivity contribution in [2.75, 3.05) is 4.72 Å². The van der Waals surface area contributed by atoms with Crippen LogP contribution >= 0.6 is 0 Å². The molecule has 0 radical (unpaired) electrons. The molecule has 0 spiro atoms. The van der Waals surface area contributed by atoms with Crippen molar-refractivity contribution < 1.29 is 8.42 Å². The maximum Gasteiger partial charge on any atom is 0.265 e. The zero-order valence-electron chi connectivity index (χ0n) is 11.4. The third-order valence-electron chi connectivity index (χ3n) is 2.77. The second-order valence-electron chi connectivity index (χ2n) is 4.34. The summed E-state index contributed by atoms with van der Waals surface area (Å²) in [6.45, 7) is 6.06. The Balaban J connectivity index is 2.36. The van der Waals surface area contributed by atoms with E-state index in [1.807, 2.05) is 6.92 Å². The first-order chi connectivity index (χ1) is 8.83. The third kappa shape index (κ3) is 2.62. The fourth-order valence-electron chi connectivity index (χ4n) is 1.82. The largest absolute Gasteiger partial charge is 0.276 e. The van der Waals surface area contributed by atoms with E-state index in [4.69, 9.17) is 0 Å². The first kappa shape index (κ1) is 13.6. The second kappa shape index (κ2) is 4.69. The molecule has 0 atom stereocenters. The van der Waals surface area contributed by atoms with Crippen LogP contribution in [-0.2, 0) is 23.6 Å². The molecule has 0 bridgehead atoms. The van der Waals surface area contributed by atoms with E-state index >= 15 is 0 Å². The molecular formula is C11H17N5O2S. The average Bonchev–Trinajstić information content (AvgIpc) is 2.82. The lowest BCUT2D eigenvalue weighted by Gasteiger charge is -2.05. The van der Waals surface area contributed by atoms with Gasteiger partial charge in [-0.2, -0.15) is 10.2 Å². The normalized spacial score (nSPS) is 11.8. The zero-order chi connectivity index (χ0) is 14.2. The molecule has 2 aromatic rings. The van der Waals surface area contributed by atoms with Gasteiger partial charge in [-0.25, -0.2) is 8.42 Å². The van der Waals surface area contributed by atoms with Gasteiger partial charge in [0.25, 0.3) is 10.0 Å². The molecule has 0 unspecified atom stereocenters. The van der Waals surface area contributed by atoms with E-state index in [-0.39, 0.29) is 4.90 Å². The van der Waals surface area contributed by atoms with Crippen molar-refractivity contribution in [1.82, 2.24) is 19.6 Å². The van der Waals surface area contributed by atoms with Crippen molar-refractivity contribution in [3.05, 3.63) is 23.8 Å². The summed E-state index contributed by atoms with van der Waals surface area (Å²) in [5.41, 5.74) is 1.60. The zero-order valence-corrected chi connectivity index (χ0v) is 12.2. The highest BCUT2D eigenvalue weighted by molar-refractivity contribution is 7.92. The minimum absolute atomic E-state index is 0.179. The van der Waals surface area contributed by atoms with Crippen molar-refractivity contribution in [2.24, 2.45) is 7.05 Å². The fraction of sp³-hybridized carbons (Fsp3) is 0.455. The quantitative estimate of drug-likeness (QED) is 0.909. The number of nitrogens with one attached hydrogen (secondary N) is 1. The number of hydrogen-bond donors (Lipinski definition) is 1. The van der Waals surface area contributed by atoms with E-state index in [0.717, 1.165) is 0 Å². The molecule has 0 saturated carbocycles. The summed E-state index contributed by atoms with van der Waals surface area (Å²) in [5, 5.41) is 8.24. The van der Waals surface area contributed by atoms with E-state index in [1.165, 1.54) is 10.9 Å². The Morgan fingerprint density at radius 2 is 1.89 bits per heavy atom. The molecule has 0 fully saturated rings. The molecule has 7 nitrogen and oxygen atoms in total. The summed E-state index contributed by atoms with van der Waals surface area (Å²) < 4.78 is 30.3. The maximum absolute atomic E-state index is 12.3. The van der Waals surface area contributed by atoms with Gasteiger partial charge in [0.1, 0.15) is 4.90 Å². The second-order valence-corrected chi connectivity index (χ2v) is 5.99. The van der Waals surface area contributed by atoms with Gasteiger partial charge in [-0.15, -0.1) is 0 Å². The van der Waals surface area contributed by atoms with E-state index in [9.17, 15) is 8.42 Å². The molecule has 0 saturated heterocycles. The van der Waals surface area contributed by atoms with Gasteiger partial charge >= 0.3 is 0 Å². The lowest BCUT2D eigenvalue weighted by Crippen LogP contribution is -2.13. The summed E-state index contributed by atoms with van der Waals surface area (Å²) in [4.78, 5) is 0.179. The molecule has 0 aromatic carbocycles. The Morgan fingerprint density at radius 3 is 2.37 bits per heavy atom. The highest BCUT2D eigenvalue weighted by Gasteiger charge is 2.21. The molecular weight excluding hydrogens is 266 g/mol. The van der Waals surface area contributed by atoms with Crippen LogP contribution in [0.25, 0.3) is 0 Å². The standard InChI is InChI=1S/C11H17N5O2S/c1-5-16-6-10(8(2)13-16)14-19(17,18)11-7-15(4)12-9(11)3/h6-7,14H,5H2,1-4H3. The summed E-state index contributed by atoms with van der Waals surface area (Å²) in [6.07, 6.45) is 3.16. The first-order valence-corrected chi connectivity index (χ1v) is 7.39. The highest BCUT2D eigenvalue weighted by Crippen LogP contribution is 2.20. The highest BCUT2D eigenvalue weighted by atomic mass is 32.2. The fourth-order valence-corrected chi connectivity index (χ4v) is 3.14. The van der Waals surface area contributed by atoms with Crippen molar-refractivity contribution in [3.8, 4) is 0 Å². The number of aryl methyl sites for hydroxylation is 4. The molecule has 104 valence electrons. The van der Waals surface area contributed by atoms with Gasteiger partial charge in [-0.1, -0.05) is 0 Å². The van der Waals surface area contributed by atoms with Crippen molar-refractivity contribution in [3.63, 3.8) is 0 Å². The van der Waals surface area contributed by atoms with Crippen molar-refractivity contribution >= 4 is 15.7 Å². The maximum atomic E-state index is 12.3. The van der Waals surface area contributed by atoms with Crippen LogP contribution < -0.4 is 4.72 Å². The van der Waals surface area contributed by atoms with Gasteiger partial charge in [0.15, 0.2) is 0 Å². The minimum Gasteiger partial charge on any atom is -0.276 e. The van der Waals surface area contributed by atoms with Crippen LogP contribution in [0.4, 0.5) is 5.69 Å². The monoisotopic (exact) mass is 283 g/mol. The van der Waals surface area contributed by atoms with Gasteiger partial charge < -0.3 is 0 Å². The van der Waals surface area contributed by atoms with Gasteiger partial charge in [-0.3, -0.25) is 14.1 Å². The van der Waals surface area contributed by atoms with E-state index in [2.05, 4.69) is 14.9 Å². The Kier molecular flexibility index (Phi) is 3.36. The lowest BCUT2D eigenvalue weighted by molar-refractivity contribution is 0.600. The number of rotatable bonds is 4. The van der Waals surface area contributed by atoms with E-state index in [1.54, 1.807) is 31.8 Å². The summed E-state index contributed by atoms with van der Waals surface area (Å²) >= 11 is 0. The Bertz CT molecular complexity index is 699. The third-order valence-corrected chi connectivity index (χ3v) is 4.24. The predicted octanol–water partition coefficient (Wildman–Crippen LogP) is 1.05. The Hall–Kier alpha value is -1.83. The van der Waals surface area contributed by atoms with Crippen LogP contribution in [0, 0.1) is 13.8 Å².